The Morgan fingerprint density at radius 2 is 1.62 bits per heavy atom. The van der Waals surface area contributed by atoms with Gasteiger partial charge in [-0.1, -0.05) is 12.2 Å². The van der Waals surface area contributed by atoms with E-state index in [-0.39, 0.29) is 11.5 Å². The van der Waals surface area contributed by atoms with Gasteiger partial charge in [0.05, 0.1) is 25.9 Å². The van der Waals surface area contributed by atoms with E-state index in [4.69, 9.17) is 14.2 Å². The van der Waals surface area contributed by atoms with Crippen LogP contribution in [0.5, 0.6) is 11.5 Å². The summed E-state index contributed by atoms with van der Waals surface area (Å²) in [5.41, 5.74) is 0. The molecular formula is C24H34F2O3. The highest BCUT2D eigenvalue weighted by atomic mass is 19.2. The summed E-state index contributed by atoms with van der Waals surface area (Å²) in [6.07, 6.45) is 12.6. The first-order valence-electron chi connectivity index (χ1n) is 11.1. The fourth-order valence-corrected chi connectivity index (χ4v) is 4.60. The zero-order chi connectivity index (χ0) is 20.6. The van der Waals surface area contributed by atoms with Gasteiger partial charge in [-0.15, -0.1) is 0 Å². The summed E-state index contributed by atoms with van der Waals surface area (Å²) in [6.45, 7) is 5.39. The van der Waals surface area contributed by atoms with Crippen molar-refractivity contribution in [3.05, 3.63) is 35.9 Å². The van der Waals surface area contributed by atoms with Crippen LogP contribution in [0.15, 0.2) is 24.3 Å². The first kappa shape index (κ1) is 22.1. The van der Waals surface area contributed by atoms with Crippen LogP contribution in [-0.4, -0.2) is 25.9 Å². The minimum absolute atomic E-state index is 0.0269. The van der Waals surface area contributed by atoms with E-state index in [0.717, 1.165) is 32.3 Å². The van der Waals surface area contributed by atoms with Gasteiger partial charge in [0.15, 0.2) is 11.5 Å². The molecule has 1 aromatic rings. The summed E-state index contributed by atoms with van der Waals surface area (Å²) < 4.78 is 44.9. The maximum atomic E-state index is 14.2. The van der Waals surface area contributed by atoms with Crippen LogP contribution in [0, 0.1) is 29.4 Å². The fraction of sp³-hybridized carbons (Fsp3) is 0.667. The Kier molecular flexibility index (Phi) is 8.34. The molecule has 1 aliphatic carbocycles. The number of hydrogen-bond acceptors (Lipinski definition) is 3. The Labute approximate surface area is 173 Å². The zero-order valence-electron chi connectivity index (χ0n) is 17.7. The van der Waals surface area contributed by atoms with Gasteiger partial charge < -0.3 is 14.2 Å². The lowest BCUT2D eigenvalue weighted by Gasteiger charge is -2.37. The second-order valence-electron chi connectivity index (χ2n) is 8.31. The van der Waals surface area contributed by atoms with E-state index in [1.165, 1.54) is 31.4 Å². The standard InChI is InChI=1S/C24H34F2O3/c1-3-5-6-20-12-11-19(16-28-20)18-9-7-17(8-10-18)15-29-22-14-13-21(27-4-2)23(25)24(22)26/h3,5,13-14,17-20H,4,6-12,15-16H2,1-2H3/b5-3-. The second-order valence-corrected chi connectivity index (χ2v) is 8.31. The number of allylic oxidation sites excluding steroid dienone is 1. The van der Waals surface area contributed by atoms with Gasteiger partial charge in [-0.3, -0.25) is 0 Å². The number of rotatable bonds is 8. The molecule has 2 aliphatic rings. The van der Waals surface area contributed by atoms with Gasteiger partial charge >= 0.3 is 0 Å². The molecule has 1 saturated heterocycles. The lowest BCUT2D eigenvalue weighted by Crippen LogP contribution is -2.33. The summed E-state index contributed by atoms with van der Waals surface area (Å²) in [4.78, 5) is 0. The van der Waals surface area contributed by atoms with Crippen LogP contribution in [0.4, 0.5) is 8.78 Å². The predicted molar refractivity (Wildman–Crippen MR) is 110 cm³/mol. The number of hydrogen-bond donors (Lipinski definition) is 0. The van der Waals surface area contributed by atoms with Gasteiger partial charge in [0, 0.05) is 0 Å². The van der Waals surface area contributed by atoms with Crippen LogP contribution in [-0.2, 0) is 4.74 Å². The highest BCUT2D eigenvalue weighted by molar-refractivity contribution is 5.35. The molecular weight excluding hydrogens is 374 g/mol. The van der Waals surface area contributed by atoms with E-state index in [1.807, 2.05) is 0 Å². The summed E-state index contributed by atoms with van der Waals surface area (Å²) in [5, 5.41) is 0. The van der Waals surface area contributed by atoms with Crippen LogP contribution in [0.2, 0.25) is 0 Å². The van der Waals surface area contributed by atoms with Crippen LogP contribution in [0.25, 0.3) is 0 Å². The van der Waals surface area contributed by atoms with Crippen molar-refractivity contribution in [2.45, 2.75) is 64.9 Å². The predicted octanol–water partition coefficient (Wildman–Crippen LogP) is 6.31. The smallest absolute Gasteiger partial charge is 0.204 e. The monoisotopic (exact) mass is 408 g/mol. The van der Waals surface area contributed by atoms with Gasteiger partial charge in [0.25, 0.3) is 0 Å². The minimum atomic E-state index is -0.974. The second kappa shape index (κ2) is 11.0. The van der Waals surface area contributed by atoms with Crippen molar-refractivity contribution in [2.75, 3.05) is 19.8 Å². The number of ether oxygens (including phenoxy) is 3. The average molecular weight is 409 g/mol. The SMILES string of the molecule is C/C=C\CC1CCC(C2CCC(COc3ccc(OCC)c(F)c3F)CC2)CO1. The van der Waals surface area contributed by atoms with E-state index in [0.29, 0.717) is 37.1 Å². The van der Waals surface area contributed by atoms with Crippen molar-refractivity contribution >= 4 is 0 Å². The van der Waals surface area contributed by atoms with Crippen molar-refractivity contribution in [1.29, 1.82) is 0 Å². The van der Waals surface area contributed by atoms with Crippen LogP contribution < -0.4 is 9.47 Å². The van der Waals surface area contributed by atoms with Gasteiger partial charge in [0.1, 0.15) is 0 Å². The van der Waals surface area contributed by atoms with Crippen molar-refractivity contribution in [3.8, 4) is 11.5 Å². The number of halogens is 2. The van der Waals surface area contributed by atoms with Crippen molar-refractivity contribution in [1.82, 2.24) is 0 Å². The third-order valence-electron chi connectivity index (χ3n) is 6.38. The third kappa shape index (κ3) is 5.94. The molecule has 1 saturated carbocycles. The van der Waals surface area contributed by atoms with Gasteiger partial charge in [-0.2, -0.15) is 8.78 Å². The van der Waals surface area contributed by atoms with Crippen LogP contribution in [0.3, 0.4) is 0 Å². The summed E-state index contributed by atoms with van der Waals surface area (Å²) >= 11 is 0. The molecule has 3 nitrogen and oxygen atoms in total. The first-order chi connectivity index (χ1) is 14.1. The van der Waals surface area contributed by atoms with Crippen LogP contribution >= 0.6 is 0 Å². The first-order valence-corrected chi connectivity index (χ1v) is 11.1. The number of benzene rings is 1. The molecule has 0 aromatic heterocycles. The highest BCUT2D eigenvalue weighted by Gasteiger charge is 2.31. The maximum absolute atomic E-state index is 14.2. The van der Waals surface area contributed by atoms with Gasteiger partial charge in [-0.05, 0) is 88.7 Å². The summed E-state index contributed by atoms with van der Waals surface area (Å²) in [5.74, 6) is -0.256. The zero-order valence-corrected chi connectivity index (χ0v) is 17.7. The molecule has 3 rings (SSSR count). The topological polar surface area (TPSA) is 27.7 Å². The molecule has 2 atom stereocenters. The normalized spacial score (nSPS) is 27.9. The molecule has 162 valence electrons. The van der Waals surface area contributed by atoms with E-state index in [1.54, 1.807) is 6.92 Å². The van der Waals surface area contributed by atoms with E-state index < -0.39 is 11.6 Å². The maximum Gasteiger partial charge on any atom is 0.204 e. The van der Waals surface area contributed by atoms with Crippen LogP contribution in [0.1, 0.15) is 58.8 Å². The third-order valence-corrected chi connectivity index (χ3v) is 6.38. The van der Waals surface area contributed by atoms with E-state index in [9.17, 15) is 8.78 Å². The molecule has 1 aromatic carbocycles. The largest absolute Gasteiger partial charge is 0.491 e. The molecule has 29 heavy (non-hydrogen) atoms. The molecule has 1 aliphatic heterocycles. The van der Waals surface area contributed by atoms with Crippen molar-refractivity contribution in [2.24, 2.45) is 17.8 Å². The summed E-state index contributed by atoms with van der Waals surface area (Å²) in [7, 11) is 0. The Bertz CT molecular complexity index is 660. The van der Waals surface area contributed by atoms with E-state index >= 15 is 0 Å². The molecule has 2 unspecified atom stereocenters. The summed E-state index contributed by atoms with van der Waals surface area (Å²) in [6, 6.07) is 2.89. The lowest BCUT2D eigenvalue weighted by molar-refractivity contribution is -0.0376. The molecule has 5 heteroatoms. The molecule has 0 amide bonds. The Balaban J connectivity index is 1.41. The Morgan fingerprint density at radius 1 is 0.966 bits per heavy atom. The quantitative estimate of drug-likeness (QED) is 0.472. The van der Waals surface area contributed by atoms with Gasteiger partial charge in [0.2, 0.25) is 11.6 Å². The fourth-order valence-electron chi connectivity index (χ4n) is 4.60. The van der Waals surface area contributed by atoms with Gasteiger partial charge in [-0.25, -0.2) is 0 Å². The van der Waals surface area contributed by atoms with Crippen molar-refractivity contribution < 1.29 is 23.0 Å². The molecule has 0 bridgehead atoms. The Hall–Kier alpha value is -1.62. The highest BCUT2D eigenvalue weighted by Crippen LogP contribution is 2.38. The molecule has 0 spiro atoms. The average Bonchev–Trinajstić information content (AvgIpc) is 2.76. The lowest BCUT2D eigenvalue weighted by atomic mass is 9.74. The molecule has 0 radical (unpaired) electrons. The molecule has 0 N–H and O–H groups in total. The minimum Gasteiger partial charge on any atom is -0.491 e. The Morgan fingerprint density at radius 3 is 2.21 bits per heavy atom. The van der Waals surface area contributed by atoms with E-state index in [2.05, 4.69) is 19.1 Å². The van der Waals surface area contributed by atoms with Crippen molar-refractivity contribution in [3.63, 3.8) is 0 Å². The molecule has 2 fully saturated rings. The molecule has 1 heterocycles.